The molecule has 12 nitrogen and oxygen atoms in total. The Balaban J connectivity index is 2.03. The number of benzene rings is 1. The number of Topliss-reactive ketones (excluding diaryl/α,β-unsaturated/α-hetero) is 1. The highest BCUT2D eigenvalue weighted by molar-refractivity contribution is 5.97. The minimum atomic E-state index is -0.502. The van der Waals surface area contributed by atoms with Gasteiger partial charge in [0.05, 0.1) is 13.7 Å². The van der Waals surface area contributed by atoms with E-state index in [2.05, 4.69) is 15.2 Å². The van der Waals surface area contributed by atoms with Crippen molar-refractivity contribution < 1.29 is 28.9 Å². The molecule has 0 saturated carbocycles. The highest BCUT2D eigenvalue weighted by Gasteiger charge is 2.26. The van der Waals surface area contributed by atoms with Crippen LogP contribution in [0.25, 0.3) is 5.65 Å². The molecule has 0 aliphatic heterocycles. The second-order valence-electron chi connectivity index (χ2n) is 9.92. The maximum absolute atomic E-state index is 13.5. The Morgan fingerprint density at radius 2 is 1.82 bits per heavy atom. The molecule has 0 radical (unpaired) electrons. The number of aryl methyl sites for hydroxylation is 1. The molecule has 0 bridgehead atoms. The summed E-state index contributed by atoms with van der Waals surface area (Å²) in [7, 11) is 3.12. The normalized spacial score (nSPS) is 12.1. The van der Waals surface area contributed by atoms with Gasteiger partial charge in [-0.05, 0) is 38.3 Å². The van der Waals surface area contributed by atoms with Crippen LogP contribution in [-0.4, -0.2) is 81.7 Å². The van der Waals surface area contributed by atoms with Crippen molar-refractivity contribution in [3.05, 3.63) is 40.5 Å². The Bertz CT molecular complexity index is 1410. The number of aromatic nitrogens is 4. The standard InChI is InChI=1S/C27H38N6O6/c1-9-31(10-2)26(36)39-22-13-17(3)24-30-32(25(28-7)33(24)29-22)16-20(35)18-14-19(27(4,5)6)23(37-8)21(15-18)38-12-11-34/h13-15,34H,9-12,16H2,1-8H3. The van der Waals surface area contributed by atoms with E-state index in [0.29, 0.717) is 47.0 Å². The first-order valence-corrected chi connectivity index (χ1v) is 12.8. The number of hydrogen-bond donors (Lipinski definition) is 1. The summed E-state index contributed by atoms with van der Waals surface area (Å²) in [5.74, 6) is 0.762. The molecular formula is C27H38N6O6. The molecule has 1 N–H and O–H groups in total. The van der Waals surface area contributed by atoms with E-state index in [0.717, 1.165) is 5.56 Å². The molecule has 1 amide bonds. The minimum absolute atomic E-state index is 0.0593. The smallest absolute Gasteiger partial charge is 0.416 e. The number of hydrogen-bond acceptors (Lipinski definition) is 9. The SMILES string of the molecule is CCN(CC)C(=O)Oc1cc(C)c2nn(CC(=O)c3cc(OCCO)c(OC)c(C(C)(C)C)c3)c(=NC)n2n1. The van der Waals surface area contributed by atoms with Crippen molar-refractivity contribution in [3.63, 3.8) is 0 Å². The van der Waals surface area contributed by atoms with Crippen LogP contribution in [0.4, 0.5) is 4.79 Å². The van der Waals surface area contributed by atoms with E-state index >= 15 is 0 Å². The Kier molecular flexibility index (Phi) is 9.33. The van der Waals surface area contributed by atoms with Crippen LogP contribution < -0.4 is 19.8 Å². The van der Waals surface area contributed by atoms with Gasteiger partial charge in [-0.2, -0.15) is 4.52 Å². The summed E-state index contributed by atoms with van der Waals surface area (Å²) in [6, 6.07) is 5.03. The van der Waals surface area contributed by atoms with E-state index in [1.165, 1.54) is 14.1 Å². The Morgan fingerprint density at radius 3 is 2.38 bits per heavy atom. The predicted octanol–water partition coefficient (Wildman–Crippen LogP) is 2.77. The lowest BCUT2D eigenvalue weighted by Gasteiger charge is -2.25. The second-order valence-corrected chi connectivity index (χ2v) is 9.92. The van der Waals surface area contributed by atoms with Gasteiger partial charge in [0.1, 0.15) is 13.2 Å². The first-order chi connectivity index (χ1) is 18.5. The van der Waals surface area contributed by atoms with Crippen LogP contribution in [0, 0.1) is 6.92 Å². The van der Waals surface area contributed by atoms with Crippen molar-refractivity contribution >= 4 is 17.5 Å². The number of rotatable bonds is 10. The predicted molar refractivity (Wildman–Crippen MR) is 145 cm³/mol. The quantitative estimate of drug-likeness (QED) is 0.387. The van der Waals surface area contributed by atoms with Gasteiger partial charge in [-0.1, -0.05) is 20.8 Å². The van der Waals surface area contributed by atoms with E-state index in [1.807, 2.05) is 41.5 Å². The van der Waals surface area contributed by atoms with Gasteiger partial charge in [-0.3, -0.25) is 9.79 Å². The van der Waals surface area contributed by atoms with Crippen molar-refractivity contribution in [3.8, 4) is 17.4 Å². The fourth-order valence-corrected chi connectivity index (χ4v) is 4.14. The molecule has 2 heterocycles. The molecule has 0 atom stereocenters. The fraction of sp³-hybridized carbons (Fsp3) is 0.519. The summed E-state index contributed by atoms with van der Waals surface area (Å²) in [5, 5.41) is 18.3. The number of carbonyl (C=O) groups is 2. The molecule has 2 aromatic heterocycles. The van der Waals surface area contributed by atoms with Gasteiger partial charge in [0, 0.05) is 42.9 Å². The molecule has 12 heteroatoms. The average Bonchev–Trinajstić information content (AvgIpc) is 3.24. The minimum Gasteiger partial charge on any atom is -0.493 e. The number of nitrogens with zero attached hydrogens (tertiary/aromatic N) is 6. The molecule has 0 fully saturated rings. The molecule has 0 spiro atoms. The molecule has 3 aromatic rings. The number of fused-ring (bicyclic) bond motifs is 1. The number of amides is 1. The van der Waals surface area contributed by atoms with Crippen molar-refractivity contribution in [2.24, 2.45) is 4.99 Å². The number of aliphatic hydroxyl groups excluding tert-OH is 1. The lowest BCUT2D eigenvalue weighted by molar-refractivity contribution is 0.0965. The van der Waals surface area contributed by atoms with Crippen LogP contribution in [0.3, 0.4) is 0 Å². The average molecular weight is 543 g/mol. The van der Waals surface area contributed by atoms with E-state index in [4.69, 9.17) is 14.2 Å². The number of ketones is 1. The van der Waals surface area contributed by atoms with Gasteiger partial charge in [0.15, 0.2) is 22.9 Å². The van der Waals surface area contributed by atoms with Crippen LogP contribution in [-0.2, 0) is 12.0 Å². The van der Waals surface area contributed by atoms with Gasteiger partial charge in [-0.15, -0.1) is 10.2 Å². The Labute approximate surface area is 227 Å². The third kappa shape index (κ3) is 6.39. The zero-order chi connectivity index (χ0) is 28.9. The van der Waals surface area contributed by atoms with E-state index in [1.54, 1.807) is 32.4 Å². The number of ether oxygens (including phenoxy) is 3. The van der Waals surface area contributed by atoms with E-state index in [-0.39, 0.29) is 36.8 Å². The zero-order valence-corrected chi connectivity index (χ0v) is 23.9. The molecule has 212 valence electrons. The van der Waals surface area contributed by atoms with E-state index in [9.17, 15) is 14.7 Å². The van der Waals surface area contributed by atoms with Crippen LogP contribution in [0.5, 0.6) is 17.4 Å². The summed E-state index contributed by atoms with van der Waals surface area (Å²) >= 11 is 0. The molecular weight excluding hydrogens is 504 g/mol. The summed E-state index contributed by atoms with van der Waals surface area (Å²) in [4.78, 5) is 31.8. The topological polar surface area (TPSA) is 133 Å². The van der Waals surface area contributed by atoms with E-state index < -0.39 is 6.09 Å². The number of methoxy groups -OCH3 is 1. The molecule has 0 saturated heterocycles. The fourth-order valence-electron chi connectivity index (χ4n) is 4.14. The zero-order valence-electron chi connectivity index (χ0n) is 23.9. The van der Waals surface area contributed by atoms with Crippen molar-refractivity contribution in [1.82, 2.24) is 24.3 Å². The van der Waals surface area contributed by atoms with Crippen molar-refractivity contribution in [2.45, 2.75) is 53.5 Å². The maximum atomic E-state index is 13.5. The first kappa shape index (κ1) is 29.6. The number of aliphatic hydroxyl groups is 1. The molecule has 3 rings (SSSR count). The highest BCUT2D eigenvalue weighted by atomic mass is 16.6. The van der Waals surface area contributed by atoms with Crippen LogP contribution >= 0.6 is 0 Å². The maximum Gasteiger partial charge on any atom is 0.416 e. The van der Waals surface area contributed by atoms with Gasteiger partial charge < -0.3 is 24.2 Å². The van der Waals surface area contributed by atoms with Crippen LogP contribution in [0.1, 0.15) is 56.1 Å². The summed E-state index contributed by atoms with van der Waals surface area (Å²) in [6.07, 6.45) is -0.502. The Hall–Kier alpha value is -3.93. The Morgan fingerprint density at radius 1 is 1.13 bits per heavy atom. The van der Waals surface area contributed by atoms with Crippen molar-refractivity contribution in [2.75, 3.05) is 40.5 Å². The monoisotopic (exact) mass is 542 g/mol. The summed E-state index contributed by atoms with van der Waals surface area (Å²) in [6.45, 7) is 12.4. The molecule has 0 aliphatic carbocycles. The lowest BCUT2D eigenvalue weighted by Crippen LogP contribution is -2.33. The van der Waals surface area contributed by atoms with Crippen LogP contribution in [0.15, 0.2) is 23.2 Å². The first-order valence-electron chi connectivity index (χ1n) is 12.8. The summed E-state index contributed by atoms with van der Waals surface area (Å²) < 4.78 is 19.7. The van der Waals surface area contributed by atoms with Gasteiger partial charge in [0.2, 0.25) is 11.5 Å². The molecule has 0 aliphatic rings. The largest absolute Gasteiger partial charge is 0.493 e. The lowest BCUT2D eigenvalue weighted by atomic mass is 9.84. The third-order valence-corrected chi connectivity index (χ3v) is 6.17. The highest BCUT2D eigenvalue weighted by Crippen LogP contribution is 2.40. The molecule has 1 aromatic carbocycles. The third-order valence-electron chi connectivity index (χ3n) is 6.17. The summed E-state index contributed by atoms with van der Waals surface area (Å²) in [5.41, 5.74) is 2.33. The second kappa shape index (κ2) is 12.3. The molecule has 0 unspecified atom stereocenters. The van der Waals surface area contributed by atoms with Crippen LogP contribution in [0.2, 0.25) is 0 Å². The van der Waals surface area contributed by atoms with Gasteiger partial charge in [-0.25, -0.2) is 9.48 Å². The van der Waals surface area contributed by atoms with Gasteiger partial charge in [0.25, 0.3) is 0 Å². The molecule has 39 heavy (non-hydrogen) atoms. The number of carbonyl (C=O) groups excluding carboxylic acids is 2. The van der Waals surface area contributed by atoms with Crippen molar-refractivity contribution in [1.29, 1.82) is 0 Å². The van der Waals surface area contributed by atoms with Gasteiger partial charge >= 0.3 is 6.09 Å².